The van der Waals surface area contributed by atoms with E-state index in [1.165, 1.54) is 6.07 Å². The highest BCUT2D eigenvalue weighted by atomic mass is 19.1. The average molecular weight is 370 g/mol. The molecule has 0 bridgehead atoms. The van der Waals surface area contributed by atoms with Gasteiger partial charge in [0.15, 0.2) is 5.82 Å². The van der Waals surface area contributed by atoms with Crippen LogP contribution in [0.5, 0.6) is 0 Å². The van der Waals surface area contributed by atoms with Crippen molar-refractivity contribution in [3.63, 3.8) is 0 Å². The molecule has 1 unspecified atom stereocenters. The highest BCUT2D eigenvalue weighted by Crippen LogP contribution is 2.25. The van der Waals surface area contributed by atoms with Gasteiger partial charge < -0.3 is 9.99 Å². The van der Waals surface area contributed by atoms with Gasteiger partial charge in [0.25, 0.3) is 5.56 Å². The maximum Gasteiger partial charge on any atom is 0.287 e. The predicted molar refractivity (Wildman–Crippen MR) is 94.3 cm³/mol. The average Bonchev–Trinajstić information content (AvgIpc) is 3.25. The Hall–Kier alpha value is -3.33. The lowest BCUT2D eigenvalue weighted by atomic mass is 10.2. The molecule has 1 atom stereocenters. The minimum absolute atomic E-state index is 0.144. The molecule has 1 aliphatic rings. The summed E-state index contributed by atoms with van der Waals surface area (Å²) in [5.74, 6) is -1.15. The molecule has 0 saturated carbocycles. The van der Waals surface area contributed by atoms with Gasteiger partial charge in [-0.25, -0.2) is 14.8 Å². The summed E-state index contributed by atoms with van der Waals surface area (Å²) >= 11 is 0. The smallest absolute Gasteiger partial charge is 0.287 e. The van der Waals surface area contributed by atoms with E-state index in [4.69, 9.17) is 0 Å². The molecule has 2 aromatic heterocycles. The summed E-state index contributed by atoms with van der Waals surface area (Å²) in [6.07, 6.45) is 4.65. The van der Waals surface area contributed by atoms with Crippen molar-refractivity contribution < 1.29 is 8.78 Å². The number of hydrogen-bond acceptors (Lipinski definition) is 5. The molecule has 3 aromatic rings. The normalized spacial score (nSPS) is 16.3. The summed E-state index contributed by atoms with van der Waals surface area (Å²) < 4.78 is 29.0. The van der Waals surface area contributed by atoms with Crippen LogP contribution in [0.3, 0.4) is 0 Å². The Labute approximate surface area is 152 Å². The lowest BCUT2D eigenvalue weighted by Crippen LogP contribution is -2.28. The van der Waals surface area contributed by atoms with Gasteiger partial charge in [-0.05, 0) is 18.2 Å². The van der Waals surface area contributed by atoms with Crippen molar-refractivity contribution in [1.82, 2.24) is 30.2 Å². The number of H-pyrrole nitrogens is 1. The number of nitrogens with one attached hydrogen (secondary N) is 2. The Morgan fingerprint density at radius 2 is 2.04 bits per heavy atom. The Kier molecular flexibility index (Phi) is 4.28. The van der Waals surface area contributed by atoms with Crippen LogP contribution in [0.4, 0.5) is 8.78 Å². The van der Waals surface area contributed by atoms with Gasteiger partial charge in [-0.3, -0.25) is 9.48 Å². The SMILES string of the molecule is CN1C=CC(c2cc(-c3ncc(F)c(=O)[nH]3)nn2Cc2ccccc2F)N1. The first kappa shape index (κ1) is 17.1. The maximum absolute atomic E-state index is 14.1. The summed E-state index contributed by atoms with van der Waals surface area (Å²) in [5, 5.41) is 6.25. The van der Waals surface area contributed by atoms with E-state index < -0.39 is 11.4 Å². The van der Waals surface area contributed by atoms with Crippen molar-refractivity contribution in [2.75, 3.05) is 7.05 Å². The molecule has 0 spiro atoms. The van der Waals surface area contributed by atoms with Crippen molar-refractivity contribution in [3.05, 3.63) is 82.1 Å². The van der Waals surface area contributed by atoms with Crippen LogP contribution in [0.15, 0.2) is 53.6 Å². The third-order valence-electron chi connectivity index (χ3n) is 4.25. The molecule has 1 aliphatic heterocycles. The van der Waals surface area contributed by atoms with Gasteiger partial charge in [0.05, 0.1) is 24.5 Å². The van der Waals surface area contributed by atoms with E-state index in [1.54, 1.807) is 34.0 Å². The second kappa shape index (κ2) is 6.76. The second-order valence-electron chi connectivity index (χ2n) is 6.17. The highest BCUT2D eigenvalue weighted by molar-refractivity contribution is 5.50. The molecule has 9 heteroatoms. The molecule has 0 fully saturated rings. The summed E-state index contributed by atoms with van der Waals surface area (Å²) in [6.45, 7) is 0.198. The Morgan fingerprint density at radius 3 is 2.74 bits per heavy atom. The molecule has 1 aromatic carbocycles. The Bertz CT molecular complexity index is 1070. The van der Waals surface area contributed by atoms with Crippen molar-refractivity contribution in [1.29, 1.82) is 0 Å². The fourth-order valence-electron chi connectivity index (χ4n) is 2.91. The molecule has 27 heavy (non-hydrogen) atoms. The van der Waals surface area contributed by atoms with Gasteiger partial charge in [-0.15, -0.1) is 0 Å². The van der Waals surface area contributed by atoms with E-state index in [9.17, 15) is 13.6 Å². The van der Waals surface area contributed by atoms with Crippen molar-refractivity contribution in [2.45, 2.75) is 12.6 Å². The zero-order valence-electron chi connectivity index (χ0n) is 14.4. The van der Waals surface area contributed by atoms with Crippen LogP contribution in [0.1, 0.15) is 17.3 Å². The molecular weight excluding hydrogens is 354 g/mol. The quantitative estimate of drug-likeness (QED) is 0.734. The van der Waals surface area contributed by atoms with Gasteiger partial charge in [0, 0.05) is 18.8 Å². The van der Waals surface area contributed by atoms with E-state index in [-0.39, 0.29) is 24.2 Å². The summed E-state index contributed by atoms with van der Waals surface area (Å²) in [6, 6.07) is 8.00. The van der Waals surface area contributed by atoms with Gasteiger partial charge in [-0.1, -0.05) is 18.2 Å². The molecule has 0 aliphatic carbocycles. The number of aromatic amines is 1. The first-order chi connectivity index (χ1) is 13.0. The third kappa shape index (κ3) is 3.36. The fraction of sp³-hybridized carbons (Fsp3) is 0.167. The van der Waals surface area contributed by atoms with Crippen molar-refractivity contribution in [3.8, 4) is 11.5 Å². The second-order valence-corrected chi connectivity index (χ2v) is 6.17. The van der Waals surface area contributed by atoms with Crippen LogP contribution in [0.25, 0.3) is 11.5 Å². The molecule has 0 amide bonds. The summed E-state index contributed by atoms with van der Waals surface area (Å²) in [7, 11) is 1.86. The molecule has 138 valence electrons. The summed E-state index contributed by atoms with van der Waals surface area (Å²) in [4.78, 5) is 17.8. The maximum atomic E-state index is 14.1. The van der Waals surface area contributed by atoms with Crippen LogP contribution >= 0.6 is 0 Å². The zero-order valence-corrected chi connectivity index (χ0v) is 14.4. The van der Waals surface area contributed by atoms with E-state index in [2.05, 4.69) is 20.5 Å². The minimum atomic E-state index is -0.966. The number of nitrogens with zero attached hydrogens (tertiary/aromatic N) is 4. The van der Waals surface area contributed by atoms with Gasteiger partial charge in [0.1, 0.15) is 11.5 Å². The third-order valence-corrected chi connectivity index (χ3v) is 4.25. The van der Waals surface area contributed by atoms with E-state index in [0.717, 1.165) is 11.9 Å². The predicted octanol–water partition coefficient (Wildman–Crippen LogP) is 1.96. The van der Waals surface area contributed by atoms with Crippen LogP contribution in [-0.4, -0.2) is 31.8 Å². The van der Waals surface area contributed by atoms with Crippen LogP contribution < -0.4 is 11.0 Å². The van der Waals surface area contributed by atoms with Crippen LogP contribution in [0.2, 0.25) is 0 Å². The molecule has 0 saturated heterocycles. The van der Waals surface area contributed by atoms with Crippen molar-refractivity contribution in [2.24, 2.45) is 0 Å². The Balaban J connectivity index is 1.77. The molecule has 3 heterocycles. The minimum Gasteiger partial charge on any atom is -0.318 e. The van der Waals surface area contributed by atoms with E-state index in [0.29, 0.717) is 11.3 Å². The molecule has 2 N–H and O–H groups in total. The van der Waals surface area contributed by atoms with E-state index >= 15 is 0 Å². The molecule has 0 radical (unpaired) electrons. The highest BCUT2D eigenvalue weighted by Gasteiger charge is 2.22. The van der Waals surface area contributed by atoms with Crippen molar-refractivity contribution >= 4 is 0 Å². The standard InChI is InChI=1S/C18H16F2N6O/c1-25-7-6-14(23-25)16-8-15(17-21-9-13(20)18(27)22-17)24-26(16)10-11-4-2-3-5-12(11)19/h2-9,14,23H,10H2,1H3,(H,21,22,27). The van der Waals surface area contributed by atoms with Crippen LogP contribution in [-0.2, 0) is 6.54 Å². The molecule has 4 rings (SSSR count). The number of halogens is 2. The van der Waals surface area contributed by atoms with Gasteiger partial charge in [-0.2, -0.15) is 9.49 Å². The van der Waals surface area contributed by atoms with E-state index in [1.807, 2.05) is 19.3 Å². The zero-order chi connectivity index (χ0) is 19.0. The number of rotatable bonds is 4. The number of aromatic nitrogens is 4. The molecule has 7 nitrogen and oxygen atoms in total. The van der Waals surface area contributed by atoms with Crippen LogP contribution in [0, 0.1) is 11.6 Å². The molecular formula is C18H16F2N6O. The lowest BCUT2D eigenvalue weighted by molar-refractivity contribution is 0.325. The fourth-order valence-corrected chi connectivity index (χ4v) is 2.91. The summed E-state index contributed by atoms with van der Waals surface area (Å²) in [5.41, 5.74) is 3.93. The monoisotopic (exact) mass is 370 g/mol. The topological polar surface area (TPSA) is 78.8 Å². The van der Waals surface area contributed by atoms with Gasteiger partial charge in [0.2, 0.25) is 5.82 Å². The number of benzene rings is 1. The number of hydrogen-bond donors (Lipinski definition) is 2. The lowest BCUT2D eigenvalue weighted by Gasteiger charge is -2.16. The first-order valence-corrected chi connectivity index (χ1v) is 8.25. The van der Waals surface area contributed by atoms with Gasteiger partial charge >= 0.3 is 0 Å². The Morgan fingerprint density at radius 1 is 1.22 bits per heavy atom. The number of hydrazine groups is 1. The first-order valence-electron chi connectivity index (χ1n) is 8.25. The largest absolute Gasteiger partial charge is 0.318 e.